The average Bonchev–Trinajstić information content (AvgIpc) is 2.42. The van der Waals surface area contributed by atoms with Crippen LogP contribution in [0.2, 0.25) is 5.02 Å². The predicted octanol–water partition coefficient (Wildman–Crippen LogP) is 3.56. The molecular formula is C15H21ClN2OS. The Labute approximate surface area is 131 Å². The van der Waals surface area contributed by atoms with E-state index < -0.39 is 0 Å². The van der Waals surface area contributed by atoms with Gasteiger partial charge in [-0.3, -0.25) is 4.79 Å². The van der Waals surface area contributed by atoms with Crippen molar-refractivity contribution in [2.24, 2.45) is 11.7 Å². The van der Waals surface area contributed by atoms with Crippen molar-refractivity contribution in [1.29, 1.82) is 0 Å². The Bertz CT molecular complexity index is 493. The second-order valence-electron chi connectivity index (χ2n) is 4.92. The molecule has 0 aliphatic heterocycles. The minimum Gasteiger partial charge on any atom is -0.393 e. The highest BCUT2D eigenvalue weighted by molar-refractivity contribution is 7.80. The van der Waals surface area contributed by atoms with Gasteiger partial charge in [0.15, 0.2) is 0 Å². The summed E-state index contributed by atoms with van der Waals surface area (Å²) in [5.74, 6) is -0.423. The molecule has 2 N–H and O–H groups in total. The minimum absolute atomic E-state index is 0.0353. The number of thiocarbonyl (C=S) groups is 1. The van der Waals surface area contributed by atoms with Gasteiger partial charge in [-0.1, -0.05) is 49.3 Å². The van der Waals surface area contributed by atoms with Gasteiger partial charge in [-0.15, -0.1) is 0 Å². The normalized spacial score (nSPS) is 13.6. The Morgan fingerprint density at radius 1 is 1.50 bits per heavy atom. The molecule has 5 heteroatoms. The zero-order valence-corrected chi connectivity index (χ0v) is 13.7. The van der Waals surface area contributed by atoms with Gasteiger partial charge < -0.3 is 10.6 Å². The van der Waals surface area contributed by atoms with Gasteiger partial charge in [-0.2, -0.15) is 0 Å². The summed E-state index contributed by atoms with van der Waals surface area (Å²) in [6, 6.07) is 7.44. The van der Waals surface area contributed by atoms with Gasteiger partial charge in [-0.25, -0.2) is 0 Å². The van der Waals surface area contributed by atoms with Crippen LogP contribution in [-0.2, 0) is 4.79 Å². The highest BCUT2D eigenvalue weighted by atomic mass is 35.5. The topological polar surface area (TPSA) is 46.3 Å². The first kappa shape index (κ1) is 16.9. The molecule has 0 fully saturated rings. The molecule has 0 heterocycles. The largest absolute Gasteiger partial charge is 0.393 e. The maximum atomic E-state index is 12.5. The third-order valence-corrected chi connectivity index (χ3v) is 4.00. The van der Waals surface area contributed by atoms with Crippen LogP contribution in [0.15, 0.2) is 24.3 Å². The number of benzene rings is 1. The molecule has 0 spiro atoms. The van der Waals surface area contributed by atoms with E-state index in [9.17, 15) is 4.79 Å². The number of hydrogen-bond donors (Lipinski definition) is 1. The molecule has 2 atom stereocenters. The molecular weight excluding hydrogens is 292 g/mol. The van der Waals surface area contributed by atoms with E-state index in [1.165, 1.54) is 0 Å². The van der Waals surface area contributed by atoms with Gasteiger partial charge >= 0.3 is 0 Å². The maximum absolute atomic E-state index is 12.5. The summed E-state index contributed by atoms with van der Waals surface area (Å²) in [6.07, 6.45) is 1.55. The second kappa shape index (κ2) is 7.60. The molecule has 110 valence electrons. The number of amides is 1. The molecule has 20 heavy (non-hydrogen) atoms. The lowest BCUT2D eigenvalue weighted by Gasteiger charge is -2.29. The summed E-state index contributed by atoms with van der Waals surface area (Å²) in [5, 5.41) is 0.662. The monoisotopic (exact) mass is 312 g/mol. The van der Waals surface area contributed by atoms with Gasteiger partial charge in [0, 0.05) is 12.1 Å². The van der Waals surface area contributed by atoms with E-state index in [0.717, 1.165) is 12.0 Å². The Morgan fingerprint density at radius 2 is 2.15 bits per heavy atom. The summed E-state index contributed by atoms with van der Waals surface area (Å²) >= 11 is 11.0. The van der Waals surface area contributed by atoms with E-state index in [0.29, 0.717) is 11.4 Å². The van der Waals surface area contributed by atoms with Crippen molar-refractivity contribution in [2.45, 2.75) is 32.7 Å². The predicted molar refractivity (Wildman–Crippen MR) is 87.8 cm³/mol. The minimum atomic E-state index is -0.387. The zero-order chi connectivity index (χ0) is 15.3. The van der Waals surface area contributed by atoms with E-state index in [-0.39, 0.29) is 22.9 Å². The molecule has 0 aromatic heterocycles. The molecule has 1 aromatic carbocycles. The lowest BCUT2D eigenvalue weighted by Crippen LogP contribution is -2.40. The van der Waals surface area contributed by atoms with Crippen molar-refractivity contribution in [3.05, 3.63) is 34.9 Å². The number of carbonyl (C=O) groups excluding carboxylic acids is 1. The van der Waals surface area contributed by atoms with Crippen molar-refractivity contribution in [2.75, 3.05) is 7.05 Å². The van der Waals surface area contributed by atoms with Crippen LogP contribution in [0, 0.1) is 5.92 Å². The van der Waals surface area contributed by atoms with Crippen molar-refractivity contribution in [3.63, 3.8) is 0 Å². The summed E-state index contributed by atoms with van der Waals surface area (Å²) < 4.78 is 0. The highest BCUT2D eigenvalue weighted by Gasteiger charge is 2.27. The number of carbonyl (C=O) groups is 1. The van der Waals surface area contributed by atoms with Gasteiger partial charge in [-0.05, 0) is 31.0 Å². The number of nitrogens with zero attached hydrogens (tertiary/aromatic N) is 1. The first-order chi connectivity index (χ1) is 9.38. The fourth-order valence-corrected chi connectivity index (χ4v) is 2.52. The summed E-state index contributed by atoms with van der Waals surface area (Å²) in [7, 11) is 1.77. The van der Waals surface area contributed by atoms with Gasteiger partial charge in [0.25, 0.3) is 0 Å². The van der Waals surface area contributed by atoms with Crippen LogP contribution in [0.3, 0.4) is 0 Å². The number of halogens is 1. The third kappa shape index (κ3) is 4.18. The van der Waals surface area contributed by atoms with E-state index in [1.807, 2.05) is 38.1 Å². The first-order valence-electron chi connectivity index (χ1n) is 6.70. The van der Waals surface area contributed by atoms with Gasteiger partial charge in [0.1, 0.15) is 0 Å². The molecule has 0 bridgehead atoms. The highest BCUT2D eigenvalue weighted by Crippen LogP contribution is 2.24. The molecule has 3 nitrogen and oxygen atoms in total. The van der Waals surface area contributed by atoms with Crippen molar-refractivity contribution < 1.29 is 4.79 Å². The molecule has 0 saturated heterocycles. The van der Waals surface area contributed by atoms with E-state index >= 15 is 0 Å². The van der Waals surface area contributed by atoms with Gasteiger partial charge in [0.2, 0.25) is 5.91 Å². The maximum Gasteiger partial charge on any atom is 0.232 e. The van der Waals surface area contributed by atoms with Gasteiger partial charge in [0.05, 0.1) is 16.9 Å². The molecule has 0 aliphatic rings. The Kier molecular flexibility index (Phi) is 6.43. The molecule has 0 radical (unpaired) electrons. The van der Waals surface area contributed by atoms with Crippen LogP contribution in [0.1, 0.15) is 38.3 Å². The van der Waals surface area contributed by atoms with Crippen molar-refractivity contribution >= 4 is 34.7 Å². The number of rotatable bonds is 6. The fourth-order valence-electron chi connectivity index (χ4n) is 2.10. The van der Waals surface area contributed by atoms with Crippen LogP contribution in [0.4, 0.5) is 0 Å². The van der Waals surface area contributed by atoms with Crippen LogP contribution in [0.25, 0.3) is 0 Å². The second-order valence-corrected chi connectivity index (χ2v) is 5.83. The van der Waals surface area contributed by atoms with Crippen molar-refractivity contribution in [3.8, 4) is 0 Å². The molecule has 1 aromatic rings. The fraction of sp³-hybridized carbons (Fsp3) is 0.467. The quantitative estimate of drug-likeness (QED) is 0.817. The summed E-state index contributed by atoms with van der Waals surface area (Å²) in [4.78, 5) is 14.5. The molecule has 1 amide bonds. The van der Waals surface area contributed by atoms with Crippen LogP contribution >= 0.6 is 23.8 Å². The lowest BCUT2D eigenvalue weighted by molar-refractivity contribution is -0.134. The Hall–Kier alpha value is -1.13. The lowest BCUT2D eigenvalue weighted by atomic mass is 10.00. The molecule has 1 rings (SSSR count). The first-order valence-corrected chi connectivity index (χ1v) is 7.48. The number of nitrogens with two attached hydrogens (primary N) is 1. The van der Waals surface area contributed by atoms with Crippen LogP contribution in [0.5, 0.6) is 0 Å². The van der Waals surface area contributed by atoms with E-state index in [2.05, 4.69) is 0 Å². The Balaban J connectivity index is 2.89. The Morgan fingerprint density at radius 3 is 2.65 bits per heavy atom. The standard InChI is InChI=1S/C15H21ClN2OS/c1-4-6-13(14(17)20)15(19)18(3)10(2)11-7-5-8-12(16)9-11/h5,7-10,13H,4,6H2,1-3H3,(H2,17,20). The molecule has 0 saturated carbocycles. The molecule has 0 aliphatic carbocycles. The van der Waals surface area contributed by atoms with Crippen molar-refractivity contribution in [1.82, 2.24) is 4.90 Å². The average molecular weight is 313 g/mol. The molecule has 2 unspecified atom stereocenters. The van der Waals surface area contributed by atoms with E-state index in [1.54, 1.807) is 11.9 Å². The SMILES string of the molecule is CCCC(C(=O)N(C)C(C)c1cccc(Cl)c1)C(N)=S. The van der Waals surface area contributed by atoms with Crippen LogP contribution < -0.4 is 5.73 Å². The third-order valence-electron chi connectivity index (χ3n) is 3.48. The smallest absolute Gasteiger partial charge is 0.232 e. The number of hydrogen-bond acceptors (Lipinski definition) is 2. The summed E-state index contributed by atoms with van der Waals surface area (Å²) in [5.41, 5.74) is 6.68. The van der Waals surface area contributed by atoms with E-state index in [4.69, 9.17) is 29.6 Å². The van der Waals surface area contributed by atoms with Crippen LogP contribution in [-0.4, -0.2) is 22.8 Å². The zero-order valence-electron chi connectivity index (χ0n) is 12.1. The summed E-state index contributed by atoms with van der Waals surface area (Å²) in [6.45, 7) is 3.98.